The second kappa shape index (κ2) is 14.5. The summed E-state index contributed by atoms with van der Waals surface area (Å²) in [7, 11) is -8.50. The molecule has 13 heteroatoms. The number of ether oxygens (including phenoxy) is 1. The van der Waals surface area contributed by atoms with Crippen LogP contribution in [0, 0.1) is 11.6 Å². The molecule has 0 heterocycles. The molecule has 2 rings (SSSR count). The van der Waals surface area contributed by atoms with Crippen LogP contribution in [0.3, 0.4) is 0 Å². The molecule has 0 saturated heterocycles. The van der Waals surface area contributed by atoms with Crippen molar-refractivity contribution in [1.29, 1.82) is 0 Å². The summed E-state index contributed by atoms with van der Waals surface area (Å²) in [6, 6.07) is 9.05. The monoisotopic (exact) mass is 497 g/mol. The van der Waals surface area contributed by atoms with Crippen LogP contribution in [0.2, 0.25) is 0 Å². The Balaban J connectivity index is 0.00000392. The van der Waals surface area contributed by atoms with Crippen molar-refractivity contribution in [2.45, 2.75) is 24.7 Å². The maximum Gasteiger partial charge on any atom is 1.00 e. The molecule has 0 N–H and O–H groups in total. The maximum absolute atomic E-state index is 13.9. The summed E-state index contributed by atoms with van der Waals surface area (Å²) >= 11 is 0. The minimum absolute atomic E-state index is 0. The predicted molar refractivity (Wildman–Crippen MR) is 88.0 cm³/mol. The van der Waals surface area contributed by atoms with E-state index in [1.807, 2.05) is 0 Å². The van der Waals surface area contributed by atoms with Crippen LogP contribution in [0.25, 0.3) is 0 Å². The second-order valence-corrected chi connectivity index (χ2v) is 7.62. The van der Waals surface area contributed by atoms with Gasteiger partial charge < -0.3 is 14.2 Å². The van der Waals surface area contributed by atoms with Crippen LogP contribution in [-0.2, 0) is 25.6 Å². The van der Waals surface area contributed by atoms with Gasteiger partial charge in [-0.15, -0.1) is 4.52 Å². The summed E-state index contributed by atoms with van der Waals surface area (Å²) in [4.78, 5) is 10.5. The molecule has 0 amide bonds. The third-order valence-corrected chi connectivity index (χ3v) is 5.02. The van der Waals surface area contributed by atoms with Gasteiger partial charge >= 0.3 is 111 Å². The molecular weight excluding hydrogens is 483 g/mol. The SMILES string of the molecule is O=[P+]([O-])OC(CCCc1cc(Oc2ccc(F)cc2)ccc1F)S(=O)(=O)[O-].[K+].[K+]. The van der Waals surface area contributed by atoms with Crippen molar-refractivity contribution in [2.75, 3.05) is 0 Å². The molecule has 29 heavy (non-hydrogen) atoms. The van der Waals surface area contributed by atoms with E-state index in [0.717, 1.165) is 6.07 Å². The zero-order chi connectivity index (χ0) is 20.0. The first-order chi connectivity index (χ1) is 12.6. The van der Waals surface area contributed by atoms with Crippen LogP contribution in [0.1, 0.15) is 18.4 Å². The van der Waals surface area contributed by atoms with E-state index in [2.05, 4.69) is 4.52 Å². The standard InChI is InChI=1S/C16H15F2O7PS.2K/c17-12-4-6-13(7-5-12)24-14-8-9-15(18)11(10-14)2-1-3-16(25-26(19)20)27(21,22)23;;/h4-10,16H,1-3H2,(H,21,22,23);;/q;2*+1/p-1. The predicted octanol–water partition coefficient (Wildman–Crippen LogP) is -3.01. The summed E-state index contributed by atoms with van der Waals surface area (Å²) in [5.74, 6) is -0.421. The molecule has 2 unspecified atom stereocenters. The molecule has 0 spiro atoms. The van der Waals surface area contributed by atoms with Gasteiger partial charge in [0.1, 0.15) is 33.3 Å². The smallest absolute Gasteiger partial charge is 0.746 e. The van der Waals surface area contributed by atoms with Crippen LogP contribution < -0.4 is 112 Å². The number of halogens is 2. The van der Waals surface area contributed by atoms with E-state index in [4.69, 9.17) is 4.74 Å². The minimum Gasteiger partial charge on any atom is -0.746 e. The Morgan fingerprint density at radius 3 is 2.17 bits per heavy atom. The molecule has 2 aromatic rings. The average molecular weight is 498 g/mol. The number of aryl methyl sites for hydroxylation is 1. The Morgan fingerprint density at radius 1 is 1.03 bits per heavy atom. The maximum atomic E-state index is 13.9. The van der Waals surface area contributed by atoms with E-state index in [-0.39, 0.29) is 127 Å². The number of hydrogen-bond donors (Lipinski definition) is 0. The molecule has 2 aromatic carbocycles. The van der Waals surface area contributed by atoms with Gasteiger partial charge in [0.15, 0.2) is 0 Å². The topological polar surface area (TPSA) is 116 Å². The Morgan fingerprint density at radius 2 is 1.62 bits per heavy atom. The first kappa shape index (κ1) is 30.3. The van der Waals surface area contributed by atoms with E-state index in [0.29, 0.717) is 5.75 Å². The Kier molecular flexibility index (Phi) is 15.1. The van der Waals surface area contributed by atoms with Crippen molar-refractivity contribution in [3.63, 3.8) is 0 Å². The van der Waals surface area contributed by atoms with E-state index in [1.165, 1.54) is 36.4 Å². The van der Waals surface area contributed by atoms with Crippen LogP contribution in [0.15, 0.2) is 42.5 Å². The number of hydrogen-bond acceptors (Lipinski definition) is 7. The van der Waals surface area contributed by atoms with E-state index >= 15 is 0 Å². The van der Waals surface area contributed by atoms with Crippen molar-refractivity contribution in [3.8, 4) is 11.5 Å². The quantitative estimate of drug-likeness (QED) is 0.206. The van der Waals surface area contributed by atoms with Gasteiger partial charge in [0.2, 0.25) is 5.44 Å². The molecular formula is C16H14F2K2O7PS+. The third kappa shape index (κ3) is 11.1. The van der Waals surface area contributed by atoms with Gasteiger partial charge in [0, 0.05) is 0 Å². The molecule has 0 aromatic heterocycles. The van der Waals surface area contributed by atoms with E-state index in [1.54, 1.807) is 0 Å². The largest absolute Gasteiger partial charge is 1.00 e. The number of rotatable bonds is 9. The fourth-order valence-electron chi connectivity index (χ4n) is 2.25. The molecule has 0 aliphatic carbocycles. The van der Waals surface area contributed by atoms with Gasteiger partial charge in [-0.1, -0.05) is 0 Å². The van der Waals surface area contributed by atoms with Crippen LogP contribution >= 0.6 is 8.25 Å². The summed E-state index contributed by atoms with van der Waals surface area (Å²) in [5.41, 5.74) is -1.89. The third-order valence-electron chi connectivity index (χ3n) is 3.48. The molecule has 0 bridgehead atoms. The van der Waals surface area contributed by atoms with E-state index < -0.39 is 41.9 Å². The molecule has 0 radical (unpaired) electrons. The second-order valence-electron chi connectivity index (χ2n) is 5.45. The van der Waals surface area contributed by atoms with Gasteiger partial charge in [0.25, 0.3) is 0 Å². The van der Waals surface area contributed by atoms with Crippen LogP contribution in [-0.4, -0.2) is 18.4 Å². The van der Waals surface area contributed by atoms with Gasteiger partial charge in [-0.2, -0.15) is 0 Å². The molecule has 146 valence electrons. The van der Waals surface area contributed by atoms with Crippen LogP contribution in [0.4, 0.5) is 8.78 Å². The Labute approximate surface area is 253 Å². The van der Waals surface area contributed by atoms with Crippen molar-refractivity contribution in [1.82, 2.24) is 0 Å². The summed E-state index contributed by atoms with van der Waals surface area (Å²) in [6.45, 7) is 0. The molecule has 0 fully saturated rings. The van der Waals surface area contributed by atoms with Gasteiger partial charge in [-0.3, -0.25) is 0 Å². The zero-order valence-electron chi connectivity index (χ0n) is 15.7. The minimum atomic E-state index is -4.98. The fraction of sp³-hybridized carbons (Fsp3) is 0.250. The van der Waals surface area contributed by atoms with Gasteiger partial charge in [-0.05, 0) is 71.9 Å². The molecule has 0 aliphatic heterocycles. The van der Waals surface area contributed by atoms with Crippen molar-refractivity contribution in [3.05, 3.63) is 59.7 Å². The van der Waals surface area contributed by atoms with Crippen molar-refractivity contribution in [2.24, 2.45) is 0 Å². The number of benzene rings is 2. The fourth-order valence-corrected chi connectivity index (χ4v) is 3.64. The van der Waals surface area contributed by atoms with Crippen molar-refractivity contribution >= 4 is 18.4 Å². The molecule has 7 nitrogen and oxygen atoms in total. The van der Waals surface area contributed by atoms with Gasteiger partial charge in [0.05, 0.1) is 0 Å². The van der Waals surface area contributed by atoms with Crippen LogP contribution in [0.5, 0.6) is 11.5 Å². The normalized spacial score (nSPS) is 12.3. The summed E-state index contributed by atoms with van der Waals surface area (Å²) in [6.07, 6.45) is -0.429. The average Bonchev–Trinajstić information content (AvgIpc) is 2.57. The first-order valence-electron chi connectivity index (χ1n) is 7.63. The van der Waals surface area contributed by atoms with Gasteiger partial charge in [-0.25, -0.2) is 17.2 Å². The molecule has 0 aliphatic rings. The summed E-state index contributed by atoms with van der Waals surface area (Å²) in [5, 5.41) is 0. The Bertz CT molecular complexity index is 914. The zero-order valence-corrected chi connectivity index (χ0v) is 23.7. The van der Waals surface area contributed by atoms with Crippen molar-refractivity contribution < 1.29 is 143 Å². The van der Waals surface area contributed by atoms with E-state index in [9.17, 15) is 31.2 Å². The Hall–Kier alpha value is 1.30. The summed E-state index contributed by atoms with van der Waals surface area (Å²) < 4.78 is 79.8. The first-order valence-corrected chi connectivity index (χ1v) is 10.2. The molecule has 2 atom stereocenters. The molecule has 0 saturated carbocycles.